The zero-order valence-corrected chi connectivity index (χ0v) is 12.4. The molecule has 2 aromatic rings. The molecule has 1 aliphatic rings. The lowest BCUT2D eigenvalue weighted by Crippen LogP contribution is -2.34. The Balaban J connectivity index is 1.72. The predicted octanol–water partition coefficient (Wildman–Crippen LogP) is 3.57. The maximum Gasteiger partial charge on any atom is 0.323 e. The standard InChI is InChI=1S/C15H16N2O3S/c1-19-12-5-2-4-11(10-12)16-15(18)17-7-9-21-14(17)13-6-3-8-20-13/h2-6,8,10,14H,7,9H2,1H3,(H,16,18). The molecule has 1 atom stereocenters. The summed E-state index contributed by atoms with van der Waals surface area (Å²) in [4.78, 5) is 14.2. The maximum atomic E-state index is 12.4. The molecule has 0 aliphatic carbocycles. The van der Waals surface area contributed by atoms with Crippen LogP contribution in [0.2, 0.25) is 0 Å². The van der Waals surface area contributed by atoms with Crippen molar-refractivity contribution in [3.8, 4) is 5.75 Å². The number of carbonyl (C=O) groups is 1. The second-order valence-corrected chi connectivity index (χ2v) is 5.78. The molecule has 1 aromatic carbocycles. The minimum Gasteiger partial charge on any atom is -0.497 e. The number of carbonyl (C=O) groups excluding carboxylic acids is 1. The third kappa shape index (κ3) is 3.00. The Bertz CT molecular complexity index is 615. The van der Waals surface area contributed by atoms with Crippen LogP contribution in [0.4, 0.5) is 10.5 Å². The summed E-state index contributed by atoms with van der Waals surface area (Å²) in [7, 11) is 1.60. The Morgan fingerprint density at radius 1 is 1.43 bits per heavy atom. The maximum absolute atomic E-state index is 12.4. The van der Waals surface area contributed by atoms with Crippen LogP contribution < -0.4 is 10.1 Å². The van der Waals surface area contributed by atoms with Gasteiger partial charge in [-0.15, -0.1) is 11.8 Å². The highest BCUT2D eigenvalue weighted by molar-refractivity contribution is 7.99. The molecule has 1 aliphatic heterocycles. The fourth-order valence-corrected chi connectivity index (χ4v) is 3.45. The van der Waals surface area contributed by atoms with Crippen molar-refractivity contribution in [2.24, 2.45) is 0 Å². The monoisotopic (exact) mass is 304 g/mol. The van der Waals surface area contributed by atoms with Gasteiger partial charge in [0.1, 0.15) is 16.9 Å². The van der Waals surface area contributed by atoms with Gasteiger partial charge in [-0.1, -0.05) is 6.07 Å². The number of rotatable bonds is 3. The number of hydrogen-bond donors (Lipinski definition) is 1. The van der Waals surface area contributed by atoms with Gasteiger partial charge in [-0.05, 0) is 24.3 Å². The molecule has 1 fully saturated rings. The zero-order valence-electron chi connectivity index (χ0n) is 11.6. The van der Waals surface area contributed by atoms with Crippen molar-refractivity contribution >= 4 is 23.5 Å². The average molecular weight is 304 g/mol. The van der Waals surface area contributed by atoms with E-state index in [1.165, 1.54) is 0 Å². The van der Waals surface area contributed by atoms with Crippen LogP contribution in [0.5, 0.6) is 5.75 Å². The van der Waals surface area contributed by atoms with Gasteiger partial charge in [0, 0.05) is 24.1 Å². The molecule has 2 heterocycles. The highest BCUT2D eigenvalue weighted by Crippen LogP contribution is 2.38. The highest BCUT2D eigenvalue weighted by Gasteiger charge is 2.32. The zero-order chi connectivity index (χ0) is 14.7. The van der Waals surface area contributed by atoms with E-state index in [1.807, 2.05) is 30.3 Å². The van der Waals surface area contributed by atoms with Gasteiger partial charge in [0.25, 0.3) is 0 Å². The third-order valence-corrected chi connectivity index (χ3v) is 4.48. The summed E-state index contributed by atoms with van der Waals surface area (Å²) in [5.74, 6) is 2.42. The largest absolute Gasteiger partial charge is 0.497 e. The number of anilines is 1. The molecule has 1 aromatic heterocycles. The molecule has 6 heteroatoms. The summed E-state index contributed by atoms with van der Waals surface area (Å²) in [5, 5.41) is 2.84. The minimum absolute atomic E-state index is 0.0643. The van der Waals surface area contributed by atoms with Gasteiger partial charge >= 0.3 is 6.03 Å². The van der Waals surface area contributed by atoms with Crippen LogP contribution in [0, 0.1) is 0 Å². The number of methoxy groups -OCH3 is 1. The lowest BCUT2D eigenvalue weighted by Gasteiger charge is -2.22. The van der Waals surface area contributed by atoms with Crippen molar-refractivity contribution in [2.45, 2.75) is 5.37 Å². The first kappa shape index (κ1) is 13.9. The Morgan fingerprint density at radius 3 is 3.10 bits per heavy atom. The molecule has 5 nitrogen and oxygen atoms in total. The number of nitrogens with one attached hydrogen (secondary N) is 1. The molecule has 1 unspecified atom stereocenters. The predicted molar refractivity (Wildman–Crippen MR) is 82.6 cm³/mol. The molecular formula is C15H16N2O3S. The van der Waals surface area contributed by atoms with Gasteiger partial charge in [-0.25, -0.2) is 4.79 Å². The summed E-state index contributed by atoms with van der Waals surface area (Å²) in [6.45, 7) is 0.700. The van der Waals surface area contributed by atoms with Crippen molar-refractivity contribution in [1.82, 2.24) is 4.90 Å². The van der Waals surface area contributed by atoms with Gasteiger partial charge < -0.3 is 19.4 Å². The first-order chi connectivity index (χ1) is 10.3. The number of thioether (sulfide) groups is 1. The smallest absolute Gasteiger partial charge is 0.323 e. The van der Waals surface area contributed by atoms with Crippen molar-refractivity contribution < 1.29 is 13.9 Å². The molecule has 3 rings (SSSR count). The quantitative estimate of drug-likeness (QED) is 0.942. The lowest BCUT2D eigenvalue weighted by molar-refractivity contribution is 0.209. The summed E-state index contributed by atoms with van der Waals surface area (Å²) in [5.41, 5.74) is 0.717. The van der Waals surface area contributed by atoms with E-state index < -0.39 is 0 Å². The number of nitrogens with zero attached hydrogens (tertiary/aromatic N) is 1. The molecule has 2 amide bonds. The Labute approximate surface area is 127 Å². The van der Waals surface area contributed by atoms with Gasteiger partial charge in [-0.3, -0.25) is 0 Å². The Morgan fingerprint density at radius 2 is 2.33 bits per heavy atom. The normalized spacial score (nSPS) is 17.8. The molecule has 0 radical (unpaired) electrons. The first-order valence-corrected chi connectivity index (χ1v) is 7.69. The second kappa shape index (κ2) is 6.13. The van der Waals surface area contributed by atoms with E-state index in [0.717, 1.165) is 17.2 Å². The number of amides is 2. The SMILES string of the molecule is COc1cccc(NC(=O)N2CCSC2c2ccco2)c1. The van der Waals surface area contributed by atoms with E-state index in [1.54, 1.807) is 36.1 Å². The number of hydrogen-bond acceptors (Lipinski definition) is 4. The van der Waals surface area contributed by atoms with Crippen LogP contribution in [-0.4, -0.2) is 30.3 Å². The van der Waals surface area contributed by atoms with Crippen molar-refractivity contribution in [3.05, 3.63) is 48.4 Å². The molecular weight excluding hydrogens is 288 g/mol. The highest BCUT2D eigenvalue weighted by atomic mass is 32.2. The average Bonchev–Trinajstić information content (AvgIpc) is 3.18. The molecule has 0 bridgehead atoms. The molecule has 0 spiro atoms. The lowest BCUT2D eigenvalue weighted by atomic mass is 10.3. The fraction of sp³-hybridized carbons (Fsp3) is 0.267. The second-order valence-electron chi connectivity index (χ2n) is 4.59. The van der Waals surface area contributed by atoms with E-state index >= 15 is 0 Å². The van der Waals surface area contributed by atoms with Crippen molar-refractivity contribution in [1.29, 1.82) is 0 Å². The van der Waals surface area contributed by atoms with Gasteiger partial charge in [0.15, 0.2) is 0 Å². The van der Waals surface area contributed by atoms with E-state index in [2.05, 4.69) is 5.32 Å². The van der Waals surface area contributed by atoms with Gasteiger partial charge in [0.2, 0.25) is 0 Å². The van der Waals surface area contributed by atoms with Crippen LogP contribution in [0.15, 0.2) is 47.1 Å². The summed E-state index contributed by atoms with van der Waals surface area (Å²) in [6.07, 6.45) is 1.63. The number of benzene rings is 1. The number of furan rings is 1. The molecule has 1 saturated heterocycles. The topological polar surface area (TPSA) is 54.7 Å². The Hall–Kier alpha value is -2.08. The van der Waals surface area contributed by atoms with Crippen LogP contribution in [0.3, 0.4) is 0 Å². The Kier molecular flexibility index (Phi) is 4.06. The first-order valence-electron chi connectivity index (χ1n) is 6.64. The summed E-state index contributed by atoms with van der Waals surface area (Å²) < 4.78 is 10.6. The summed E-state index contributed by atoms with van der Waals surface area (Å²) >= 11 is 1.70. The minimum atomic E-state index is -0.130. The van der Waals surface area contributed by atoms with E-state index in [-0.39, 0.29) is 11.4 Å². The van der Waals surface area contributed by atoms with Crippen LogP contribution in [-0.2, 0) is 0 Å². The molecule has 0 saturated carbocycles. The molecule has 110 valence electrons. The number of ether oxygens (including phenoxy) is 1. The summed E-state index contributed by atoms with van der Waals surface area (Å²) in [6, 6.07) is 10.9. The van der Waals surface area contributed by atoms with E-state index in [0.29, 0.717) is 12.3 Å². The van der Waals surface area contributed by atoms with Gasteiger partial charge in [-0.2, -0.15) is 0 Å². The van der Waals surface area contributed by atoms with Crippen molar-refractivity contribution in [3.63, 3.8) is 0 Å². The van der Waals surface area contributed by atoms with Crippen LogP contribution in [0.1, 0.15) is 11.1 Å². The molecule has 21 heavy (non-hydrogen) atoms. The third-order valence-electron chi connectivity index (χ3n) is 3.26. The van der Waals surface area contributed by atoms with Crippen molar-refractivity contribution in [2.75, 3.05) is 24.7 Å². The van der Waals surface area contributed by atoms with E-state index in [9.17, 15) is 4.79 Å². The van der Waals surface area contributed by atoms with Crippen LogP contribution >= 0.6 is 11.8 Å². The number of urea groups is 1. The van der Waals surface area contributed by atoms with Crippen LogP contribution in [0.25, 0.3) is 0 Å². The molecule has 1 N–H and O–H groups in total. The van der Waals surface area contributed by atoms with E-state index in [4.69, 9.17) is 9.15 Å². The van der Waals surface area contributed by atoms with Gasteiger partial charge in [0.05, 0.1) is 13.4 Å². The fourth-order valence-electron chi connectivity index (χ4n) is 2.24.